The molecule has 146 valence electrons. The van der Waals surface area contributed by atoms with Gasteiger partial charge >= 0.3 is 5.69 Å². The summed E-state index contributed by atoms with van der Waals surface area (Å²) in [7, 11) is 0. The third-order valence-electron chi connectivity index (χ3n) is 4.55. The van der Waals surface area contributed by atoms with Gasteiger partial charge in [0.25, 0.3) is 11.5 Å². The molecule has 2 heterocycles. The van der Waals surface area contributed by atoms with Crippen LogP contribution in [-0.2, 0) is 13.1 Å². The minimum absolute atomic E-state index is 0.129. The molecule has 4 rings (SSSR count). The third kappa shape index (κ3) is 4.01. The van der Waals surface area contributed by atoms with Gasteiger partial charge in [-0.15, -0.1) is 11.3 Å². The van der Waals surface area contributed by atoms with Crippen molar-refractivity contribution >= 4 is 39.1 Å². The molecule has 0 aliphatic heterocycles. The minimum Gasteiger partial charge on any atom is -0.348 e. The molecule has 0 atom stereocenters. The van der Waals surface area contributed by atoms with Crippen LogP contribution in [0.5, 0.6) is 0 Å². The van der Waals surface area contributed by atoms with Gasteiger partial charge < -0.3 is 10.3 Å². The van der Waals surface area contributed by atoms with Crippen LogP contribution >= 0.6 is 22.9 Å². The zero-order chi connectivity index (χ0) is 20.4. The maximum absolute atomic E-state index is 12.5. The summed E-state index contributed by atoms with van der Waals surface area (Å²) in [6.45, 7) is 0.454. The van der Waals surface area contributed by atoms with Gasteiger partial charge in [-0.3, -0.25) is 14.2 Å². The summed E-state index contributed by atoms with van der Waals surface area (Å²) in [5.74, 6) is -0.230. The lowest BCUT2D eigenvalue weighted by Crippen LogP contribution is -2.34. The summed E-state index contributed by atoms with van der Waals surface area (Å²) in [4.78, 5) is 39.8. The number of aromatic amines is 1. The Hall–Kier alpha value is -3.16. The van der Waals surface area contributed by atoms with E-state index in [9.17, 15) is 14.4 Å². The number of carbonyl (C=O) groups excluding carboxylic acids is 1. The monoisotopic (exact) mass is 425 g/mol. The molecule has 0 saturated carbocycles. The standard InChI is InChI=1S/C21H16ClN3O3S/c22-16-4-2-1-3-15(16)11-23-19(26)14-7-5-13(6-8-14)12-25-20(27)18-17(9-10-29-18)24-21(25)28/h1-10H,11-12H2,(H,23,26)(H,24,28). The van der Waals surface area contributed by atoms with E-state index < -0.39 is 5.69 Å². The number of aromatic nitrogens is 2. The lowest BCUT2D eigenvalue weighted by Gasteiger charge is -2.08. The van der Waals surface area contributed by atoms with E-state index in [0.29, 0.717) is 27.3 Å². The molecule has 0 spiro atoms. The molecule has 0 radical (unpaired) electrons. The summed E-state index contributed by atoms with van der Waals surface area (Å²) in [6, 6.07) is 15.8. The molecular formula is C21H16ClN3O3S. The molecule has 0 fully saturated rings. The number of H-pyrrole nitrogens is 1. The molecule has 2 aromatic carbocycles. The summed E-state index contributed by atoms with van der Waals surface area (Å²) in [5, 5.41) is 5.19. The van der Waals surface area contributed by atoms with Crippen molar-refractivity contribution in [2.24, 2.45) is 0 Å². The number of nitrogens with one attached hydrogen (secondary N) is 2. The van der Waals surface area contributed by atoms with E-state index in [2.05, 4.69) is 10.3 Å². The van der Waals surface area contributed by atoms with E-state index in [0.717, 1.165) is 15.7 Å². The van der Waals surface area contributed by atoms with Crippen molar-refractivity contribution < 1.29 is 4.79 Å². The van der Waals surface area contributed by atoms with Gasteiger partial charge in [0, 0.05) is 17.1 Å². The van der Waals surface area contributed by atoms with Gasteiger partial charge in [-0.2, -0.15) is 0 Å². The molecule has 2 aromatic heterocycles. The summed E-state index contributed by atoms with van der Waals surface area (Å²) in [6.07, 6.45) is 0. The number of hydrogen-bond acceptors (Lipinski definition) is 4. The molecule has 0 aliphatic carbocycles. The molecule has 0 unspecified atom stereocenters. The molecule has 29 heavy (non-hydrogen) atoms. The topological polar surface area (TPSA) is 84.0 Å². The van der Waals surface area contributed by atoms with E-state index >= 15 is 0 Å². The van der Waals surface area contributed by atoms with Gasteiger partial charge in [0.15, 0.2) is 0 Å². The van der Waals surface area contributed by atoms with Crippen LogP contribution in [-0.4, -0.2) is 15.5 Å². The van der Waals surface area contributed by atoms with E-state index in [4.69, 9.17) is 11.6 Å². The van der Waals surface area contributed by atoms with Crippen LogP contribution in [0, 0.1) is 0 Å². The number of nitrogens with zero attached hydrogens (tertiary/aromatic N) is 1. The second-order valence-corrected chi connectivity index (χ2v) is 7.78. The van der Waals surface area contributed by atoms with Gasteiger partial charge in [0.1, 0.15) is 4.70 Å². The van der Waals surface area contributed by atoms with Crippen molar-refractivity contribution in [3.05, 3.63) is 103 Å². The lowest BCUT2D eigenvalue weighted by atomic mass is 10.1. The Morgan fingerprint density at radius 3 is 2.59 bits per heavy atom. The van der Waals surface area contributed by atoms with Gasteiger partial charge in [-0.05, 0) is 40.8 Å². The van der Waals surface area contributed by atoms with E-state index in [1.165, 1.54) is 11.3 Å². The molecular weight excluding hydrogens is 410 g/mol. The fourth-order valence-electron chi connectivity index (χ4n) is 2.98. The van der Waals surface area contributed by atoms with Crippen LogP contribution in [0.3, 0.4) is 0 Å². The van der Waals surface area contributed by atoms with E-state index in [1.54, 1.807) is 41.8 Å². The first-order chi connectivity index (χ1) is 14.0. The van der Waals surface area contributed by atoms with Crippen LogP contribution in [0.4, 0.5) is 0 Å². The maximum Gasteiger partial charge on any atom is 0.329 e. The second kappa shape index (κ2) is 8.06. The highest BCUT2D eigenvalue weighted by atomic mass is 35.5. The predicted octanol–water partition coefficient (Wildman–Crippen LogP) is 3.38. The third-order valence-corrected chi connectivity index (χ3v) is 5.82. The fraction of sp³-hybridized carbons (Fsp3) is 0.0952. The van der Waals surface area contributed by atoms with Crippen molar-refractivity contribution in [3.63, 3.8) is 0 Å². The van der Waals surface area contributed by atoms with Crippen molar-refractivity contribution in [1.29, 1.82) is 0 Å². The number of thiophene rings is 1. The van der Waals surface area contributed by atoms with Gasteiger partial charge in [-0.25, -0.2) is 4.79 Å². The van der Waals surface area contributed by atoms with Crippen LogP contribution in [0.2, 0.25) is 5.02 Å². The van der Waals surface area contributed by atoms with Crippen LogP contribution < -0.4 is 16.6 Å². The average Bonchev–Trinajstić information content (AvgIpc) is 3.19. The Labute approximate surface area is 174 Å². The van der Waals surface area contributed by atoms with E-state index in [1.807, 2.05) is 18.2 Å². The average molecular weight is 426 g/mol. The Bertz CT molecular complexity index is 1310. The molecule has 0 bridgehead atoms. The highest BCUT2D eigenvalue weighted by molar-refractivity contribution is 7.17. The Balaban J connectivity index is 1.48. The largest absolute Gasteiger partial charge is 0.348 e. The summed E-state index contributed by atoms with van der Waals surface area (Å²) in [5.41, 5.74) is 1.84. The fourth-order valence-corrected chi connectivity index (χ4v) is 3.98. The van der Waals surface area contributed by atoms with Crippen molar-refractivity contribution in [1.82, 2.24) is 14.9 Å². The van der Waals surface area contributed by atoms with Gasteiger partial charge in [0.2, 0.25) is 0 Å². The molecule has 0 aliphatic rings. The van der Waals surface area contributed by atoms with Gasteiger partial charge in [0.05, 0.1) is 12.1 Å². The number of hydrogen-bond donors (Lipinski definition) is 2. The molecule has 2 N–H and O–H groups in total. The smallest absolute Gasteiger partial charge is 0.329 e. The quantitative estimate of drug-likeness (QED) is 0.514. The van der Waals surface area contributed by atoms with Crippen molar-refractivity contribution in [2.75, 3.05) is 0 Å². The summed E-state index contributed by atoms with van der Waals surface area (Å²) >= 11 is 7.39. The number of benzene rings is 2. The number of rotatable bonds is 5. The van der Waals surface area contributed by atoms with Gasteiger partial charge in [-0.1, -0.05) is 41.9 Å². The highest BCUT2D eigenvalue weighted by Crippen LogP contribution is 2.15. The number of carbonyl (C=O) groups is 1. The summed E-state index contributed by atoms with van der Waals surface area (Å²) < 4.78 is 1.67. The first-order valence-electron chi connectivity index (χ1n) is 8.84. The van der Waals surface area contributed by atoms with Crippen LogP contribution in [0.15, 0.2) is 69.6 Å². The molecule has 8 heteroatoms. The minimum atomic E-state index is -0.456. The first-order valence-corrected chi connectivity index (χ1v) is 10.1. The highest BCUT2D eigenvalue weighted by Gasteiger charge is 2.10. The second-order valence-electron chi connectivity index (χ2n) is 6.46. The molecule has 4 aromatic rings. The Kier molecular flexibility index (Phi) is 5.33. The maximum atomic E-state index is 12.5. The lowest BCUT2D eigenvalue weighted by molar-refractivity contribution is 0.0951. The van der Waals surface area contributed by atoms with Crippen molar-refractivity contribution in [2.45, 2.75) is 13.1 Å². The van der Waals surface area contributed by atoms with Crippen LogP contribution in [0.1, 0.15) is 21.5 Å². The Morgan fingerprint density at radius 1 is 1.07 bits per heavy atom. The number of amides is 1. The molecule has 6 nitrogen and oxygen atoms in total. The van der Waals surface area contributed by atoms with Crippen molar-refractivity contribution in [3.8, 4) is 0 Å². The normalized spacial score (nSPS) is 10.9. The number of fused-ring (bicyclic) bond motifs is 1. The predicted molar refractivity (Wildman–Crippen MR) is 115 cm³/mol. The Morgan fingerprint density at radius 2 is 1.83 bits per heavy atom. The number of halogens is 1. The zero-order valence-corrected chi connectivity index (χ0v) is 16.7. The SMILES string of the molecule is O=C(NCc1ccccc1Cl)c1ccc(Cn2c(=O)[nH]c3ccsc3c2=O)cc1. The first kappa shape index (κ1) is 19.2. The molecule has 0 saturated heterocycles. The van der Waals surface area contributed by atoms with Crippen LogP contribution in [0.25, 0.3) is 10.2 Å². The molecule has 1 amide bonds. The van der Waals surface area contributed by atoms with E-state index in [-0.39, 0.29) is 18.0 Å². The zero-order valence-electron chi connectivity index (χ0n) is 15.1.